The van der Waals surface area contributed by atoms with Crippen LogP contribution in [0.1, 0.15) is 24.2 Å². The number of aromatic nitrogens is 6. The van der Waals surface area contributed by atoms with Crippen molar-refractivity contribution in [2.45, 2.75) is 33.2 Å². The SMILES string of the molecule is CNC(=O)CCCn1cc(-n2ccnc2-c2nc(C)c(C)n2C)cn1. The molecule has 3 heterocycles. The maximum Gasteiger partial charge on any atom is 0.219 e. The van der Waals surface area contributed by atoms with Gasteiger partial charge in [0.05, 0.1) is 17.6 Å². The average molecular weight is 341 g/mol. The lowest BCUT2D eigenvalue weighted by atomic mass is 10.3. The molecule has 3 aromatic rings. The molecular formula is C17H23N7O. The lowest BCUT2D eigenvalue weighted by Crippen LogP contribution is -2.17. The van der Waals surface area contributed by atoms with Gasteiger partial charge in [-0.15, -0.1) is 0 Å². The van der Waals surface area contributed by atoms with Crippen molar-refractivity contribution in [2.75, 3.05) is 7.05 Å². The van der Waals surface area contributed by atoms with Gasteiger partial charge in [0.2, 0.25) is 5.91 Å². The van der Waals surface area contributed by atoms with E-state index in [4.69, 9.17) is 0 Å². The summed E-state index contributed by atoms with van der Waals surface area (Å²) in [5.41, 5.74) is 3.04. The van der Waals surface area contributed by atoms with Crippen LogP contribution in [0.3, 0.4) is 0 Å². The summed E-state index contributed by atoms with van der Waals surface area (Å²) < 4.78 is 5.86. The third-order valence-electron chi connectivity index (χ3n) is 4.43. The lowest BCUT2D eigenvalue weighted by molar-refractivity contribution is -0.120. The molecule has 0 bridgehead atoms. The highest BCUT2D eigenvalue weighted by Gasteiger charge is 2.16. The van der Waals surface area contributed by atoms with Gasteiger partial charge in [-0.05, 0) is 20.3 Å². The summed E-state index contributed by atoms with van der Waals surface area (Å²) in [6.07, 6.45) is 8.66. The van der Waals surface area contributed by atoms with E-state index in [1.165, 1.54) is 0 Å². The van der Waals surface area contributed by atoms with E-state index in [1.807, 2.05) is 47.1 Å². The molecule has 1 N–H and O–H groups in total. The third-order valence-corrected chi connectivity index (χ3v) is 4.43. The maximum atomic E-state index is 11.3. The molecule has 0 aliphatic carbocycles. The molecule has 8 heteroatoms. The molecule has 0 fully saturated rings. The molecule has 0 unspecified atom stereocenters. The number of amides is 1. The van der Waals surface area contributed by atoms with Crippen LogP contribution in [0.25, 0.3) is 17.3 Å². The minimum Gasteiger partial charge on any atom is -0.359 e. The van der Waals surface area contributed by atoms with E-state index >= 15 is 0 Å². The number of hydrogen-bond donors (Lipinski definition) is 1. The van der Waals surface area contributed by atoms with Gasteiger partial charge in [0.25, 0.3) is 0 Å². The molecule has 0 radical (unpaired) electrons. The van der Waals surface area contributed by atoms with Crippen molar-refractivity contribution in [3.05, 3.63) is 36.2 Å². The summed E-state index contributed by atoms with van der Waals surface area (Å²) in [6, 6.07) is 0. The summed E-state index contributed by atoms with van der Waals surface area (Å²) in [5.74, 6) is 1.65. The first kappa shape index (κ1) is 16.9. The van der Waals surface area contributed by atoms with Crippen LogP contribution in [0.15, 0.2) is 24.8 Å². The van der Waals surface area contributed by atoms with Crippen LogP contribution in [-0.4, -0.2) is 41.8 Å². The molecule has 0 spiro atoms. The molecule has 8 nitrogen and oxygen atoms in total. The molecule has 0 saturated carbocycles. The Hall–Kier alpha value is -2.90. The van der Waals surface area contributed by atoms with Crippen LogP contribution in [0, 0.1) is 13.8 Å². The fourth-order valence-electron chi connectivity index (χ4n) is 2.72. The topological polar surface area (TPSA) is 82.6 Å². The van der Waals surface area contributed by atoms with E-state index in [9.17, 15) is 4.79 Å². The van der Waals surface area contributed by atoms with Gasteiger partial charge in [-0.25, -0.2) is 9.97 Å². The van der Waals surface area contributed by atoms with Gasteiger partial charge in [0.15, 0.2) is 11.6 Å². The van der Waals surface area contributed by atoms with E-state index in [2.05, 4.69) is 20.4 Å². The van der Waals surface area contributed by atoms with E-state index in [-0.39, 0.29) is 5.91 Å². The van der Waals surface area contributed by atoms with Crippen molar-refractivity contribution in [3.8, 4) is 17.3 Å². The molecule has 1 amide bonds. The number of carbonyl (C=O) groups is 1. The number of nitrogens with zero attached hydrogens (tertiary/aromatic N) is 6. The standard InChI is InChI=1S/C17H23N7O/c1-12-13(2)22(4)17(21-12)16-19-7-9-24(16)14-10-20-23(11-14)8-5-6-15(25)18-3/h7,9-11H,5-6,8H2,1-4H3,(H,18,25). The van der Waals surface area contributed by atoms with Crippen LogP contribution in [-0.2, 0) is 18.4 Å². The highest BCUT2D eigenvalue weighted by atomic mass is 16.1. The van der Waals surface area contributed by atoms with E-state index in [0.717, 1.165) is 35.1 Å². The molecule has 0 aromatic carbocycles. The Morgan fingerprint density at radius 2 is 2.08 bits per heavy atom. The predicted octanol–water partition coefficient (Wildman–Crippen LogP) is 1.61. The largest absolute Gasteiger partial charge is 0.359 e. The number of imidazole rings is 2. The van der Waals surface area contributed by atoms with Crippen LogP contribution in [0.2, 0.25) is 0 Å². The second-order valence-electron chi connectivity index (χ2n) is 6.02. The summed E-state index contributed by atoms with van der Waals surface area (Å²) >= 11 is 0. The van der Waals surface area contributed by atoms with Gasteiger partial charge in [-0.1, -0.05) is 0 Å². The summed E-state index contributed by atoms with van der Waals surface area (Å²) in [6.45, 7) is 4.73. The summed E-state index contributed by atoms with van der Waals surface area (Å²) in [4.78, 5) is 20.4. The zero-order valence-electron chi connectivity index (χ0n) is 15.0. The molecule has 0 aliphatic rings. The number of carbonyl (C=O) groups excluding carboxylic acids is 1. The monoisotopic (exact) mass is 341 g/mol. The first-order valence-corrected chi connectivity index (χ1v) is 8.28. The zero-order valence-corrected chi connectivity index (χ0v) is 15.0. The van der Waals surface area contributed by atoms with Crippen LogP contribution >= 0.6 is 0 Å². The van der Waals surface area contributed by atoms with Crippen molar-refractivity contribution in [1.29, 1.82) is 0 Å². The Morgan fingerprint density at radius 3 is 2.76 bits per heavy atom. The van der Waals surface area contributed by atoms with Gasteiger partial charge < -0.3 is 9.88 Å². The van der Waals surface area contributed by atoms with Crippen molar-refractivity contribution in [2.24, 2.45) is 7.05 Å². The van der Waals surface area contributed by atoms with Crippen molar-refractivity contribution < 1.29 is 4.79 Å². The summed E-state index contributed by atoms with van der Waals surface area (Å²) in [7, 11) is 3.64. The predicted molar refractivity (Wildman–Crippen MR) is 94.3 cm³/mol. The molecule has 25 heavy (non-hydrogen) atoms. The van der Waals surface area contributed by atoms with Gasteiger partial charge in [-0.3, -0.25) is 14.0 Å². The molecule has 132 valence electrons. The maximum absolute atomic E-state index is 11.3. The first-order valence-electron chi connectivity index (χ1n) is 8.28. The lowest BCUT2D eigenvalue weighted by Gasteiger charge is -2.06. The quantitative estimate of drug-likeness (QED) is 0.738. The second kappa shape index (κ2) is 6.92. The molecule has 0 aliphatic heterocycles. The fraction of sp³-hybridized carbons (Fsp3) is 0.412. The zero-order chi connectivity index (χ0) is 18.0. The Labute approximate surface area is 146 Å². The molecule has 0 saturated heterocycles. The number of aryl methyl sites for hydroxylation is 2. The Balaban J connectivity index is 1.81. The van der Waals surface area contributed by atoms with E-state index in [0.29, 0.717) is 13.0 Å². The highest BCUT2D eigenvalue weighted by molar-refractivity contribution is 5.75. The van der Waals surface area contributed by atoms with Gasteiger partial charge in [0, 0.05) is 51.3 Å². The van der Waals surface area contributed by atoms with Crippen LogP contribution < -0.4 is 5.32 Å². The second-order valence-corrected chi connectivity index (χ2v) is 6.02. The normalized spacial score (nSPS) is 11.0. The van der Waals surface area contributed by atoms with Gasteiger partial charge in [0.1, 0.15) is 0 Å². The molecule has 0 atom stereocenters. The molecule has 3 rings (SSSR count). The minimum atomic E-state index is 0.0461. The van der Waals surface area contributed by atoms with Crippen molar-refractivity contribution in [1.82, 2.24) is 34.2 Å². The van der Waals surface area contributed by atoms with E-state index < -0.39 is 0 Å². The summed E-state index contributed by atoms with van der Waals surface area (Å²) in [5, 5.41) is 7.01. The Bertz CT molecular complexity index is 887. The number of nitrogens with one attached hydrogen (secondary N) is 1. The minimum absolute atomic E-state index is 0.0461. The Kier molecular flexibility index (Phi) is 4.69. The molecule has 3 aromatic heterocycles. The Morgan fingerprint density at radius 1 is 1.28 bits per heavy atom. The smallest absolute Gasteiger partial charge is 0.219 e. The van der Waals surface area contributed by atoms with Crippen molar-refractivity contribution in [3.63, 3.8) is 0 Å². The third kappa shape index (κ3) is 3.33. The number of rotatable bonds is 6. The first-order chi connectivity index (χ1) is 12.0. The average Bonchev–Trinajstić information content (AvgIpc) is 3.31. The van der Waals surface area contributed by atoms with Crippen molar-refractivity contribution >= 4 is 5.91 Å². The van der Waals surface area contributed by atoms with Gasteiger partial charge in [-0.2, -0.15) is 5.10 Å². The van der Waals surface area contributed by atoms with Gasteiger partial charge >= 0.3 is 0 Å². The fourth-order valence-corrected chi connectivity index (χ4v) is 2.72. The van der Waals surface area contributed by atoms with Crippen LogP contribution in [0.4, 0.5) is 0 Å². The van der Waals surface area contributed by atoms with E-state index in [1.54, 1.807) is 19.4 Å². The highest BCUT2D eigenvalue weighted by Crippen LogP contribution is 2.22. The van der Waals surface area contributed by atoms with Crippen LogP contribution in [0.5, 0.6) is 0 Å². The number of hydrogen-bond acceptors (Lipinski definition) is 4. The molecular weight excluding hydrogens is 318 g/mol.